The summed E-state index contributed by atoms with van der Waals surface area (Å²) in [6.07, 6.45) is 0. The second kappa shape index (κ2) is 6.68. The van der Waals surface area contributed by atoms with Gasteiger partial charge in [-0.1, -0.05) is 29.8 Å². The number of aryl methyl sites for hydroxylation is 1. The van der Waals surface area contributed by atoms with Crippen molar-refractivity contribution in [1.29, 1.82) is 0 Å². The Labute approximate surface area is 140 Å². The zero-order chi connectivity index (χ0) is 16.5. The molecule has 1 heterocycles. The molecule has 0 aromatic heterocycles. The fraction of sp³-hybridized carbons (Fsp3) is 0.533. The van der Waals surface area contributed by atoms with Gasteiger partial charge in [0.05, 0.1) is 4.90 Å². The van der Waals surface area contributed by atoms with Crippen molar-refractivity contribution >= 4 is 31.9 Å². The van der Waals surface area contributed by atoms with Crippen LogP contribution in [0.4, 0.5) is 0 Å². The summed E-state index contributed by atoms with van der Waals surface area (Å²) in [5, 5.41) is 0. The van der Waals surface area contributed by atoms with Gasteiger partial charge in [-0.15, -0.1) is 0 Å². The van der Waals surface area contributed by atoms with Crippen LogP contribution in [0.5, 0.6) is 0 Å². The molecule has 0 atom stereocenters. The molecule has 0 spiro atoms. The highest BCUT2D eigenvalue weighted by Crippen LogP contribution is 2.23. The third-order valence-electron chi connectivity index (χ3n) is 3.81. The summed E-state index contributed by atoms with van der Waals surface area (Å²) in [6.45, 7) is 7.16. The number of carbonyl (C=O) groups is 1. The van der Waals surface area contributed by atoms with E-state index in [2.05, 4.69) is 15.9 Å². The minimum atomic E-state index is -3.50. The summed E-state index contributed by atoms with van der Waals surface area (Å²) < 4.78 is 27.7. The topological polar surface area (TPSA) is 57.7 Å². The maximum Gasteiger partial charge on any atom is 0.243 e. The zero-order valence-corrected chi connectivity index (χ0v) is 15.4. The predicted octanol–water partition coefficient (Wildman–Crippen LogP) is 2.25. The highest BCUT2D eigenvalue weighted by molar-refractivity contribution is 9.10. The molecule has 0 N–H and O–H groups in total. The number of rotatable bonds is 3. The van der Waals surface area contributed by atoms with E-state index in [0.717, 1.165) is 10.0 Å². The molecule has 1 saturated heterocycles. The molecule has 0 radical (unpaired) electrons. The summed E-state index contributed by atoms with van der Waals surface area (Å²) in [5.41, 5.74) is 0.884. The van der Waals surface area contributed by atoms with Gasteiger partial charge in [-0.25, -0.2) is 8.42 Å². The van der Waals surface area contributed by atoms with Crippen molar-refractivity contribution in [2.24, 2.45) is 5.92 Å². The van der Waals surface area contributed by atoms with E-state index in [9.17, 15) is 13.2 Å². The summed E-state index contributed by atoms with van der Waals surface area (Å²) >= 11 is 3.38. The van der Waals surface area contributed by atoms with Crippen LogP contribution >= 0.6 is 15.9 Å². The van der Waals surface area contributed by atoms with E-state index in [4.69, 9.17) is 0 Å². The van der Waals surface area contributed by atoms with Crippen molar-refractivity contribution in [3.8, 4) is 0 Å². The number of hydrogen-bond acceptors (Lipinski definition) is 3. The maximum absolute atomic E-state index is 12.7. The van der Waals surface area contributed by atoms with Crippen LogP contribution in [0.25, 0.3) is 0 Å². The SMILES string of the molecule is Cc1cc(S(=O)(=O)N2CCN(C(=O)C(C)C)CC2)ccc1Br. The Morgan fingerprint density at radius 2 is 1.77 bits per heavy atom. The lowest BCUT2D eigenvalue weighted by molar-refractivity contribution is -0.135. The van der Waals surface area contributed by atoms with Gasteiger partial charge >= 0.3 is 0 Å². The average Bonchev–Trinajstić information content (AvgIpc) is 2.49. The highest BCUT2D eigenvalue weighted by atomic mass is 79.9. The first kappa shape index (κ1) is 17.4. The molecule has 0 unspecified atom stereocenters. The van der Waals surface area contributed by atoms with E-state index >= 15 is 0 Å². The van der Waals surface area contributed by atoms with Gasteiger partial charge in [0.1, 0.15) is 0 Å². The van der Waals surface area contributed by atoms with E-state index in [0.29, 0.717) is 31.1 Å². The van der Waals surface area contributed by atoms with Crippen molar-refractivity contribution in [2.75, 3.05) is 26.2 Å². The maximum atomic E-state index is 12.7. The third kappa shape index (κ3) is 3.52. The first-order chi connectivity index (χ1) is 10.2. The number of hydrogen-bond donors (Lipinski definition) is 0. The normalized spacial score (nSPS) is 17.0. The standard InChI is InChI=1S/C15H21BrN2O3S/c1-11(2)15(19)17-6-8-18(9-7-17)22(20,21)13-4-5-14(16)12(3)10-13/h4-5,10-11H,6-9H2,1-3H3. The number of nitrogens with zero attached hydrogens (tertiary/aromatic N) is 2. The van der Waals surface area contributed by atoms with Crippen LogP contribution in [0.2, 0.25) is 0 Å². The van der Waals surface area contributed by atoms with Crippen LogP contribution in [0.15, 0.2) is 27.6 Å². The lowest BCUT2D eigenvalue weighted by Crippen LogP contribution is -2.51. The largest absolute Gasteiger partial charge is 0.340 e. The molecule has 7 heteroatoms. The van der Waals surface area contributed by atoms with Gasteiger partial charge in [-0.3, -0.25) is 4.79 Å². The minimum absolute atomic E-state index is 0.0581. The molecule has 22 heavy (non-hydrogen) atoms. The number of amides is 1. The summed E-state index contributed by atoms with van der Waals surface area (Å²) in [6, 6.07) is 5.03. The Hall–Kier alpha value is -0.920. The number of carbonyl (C=O) groups excluding carboxylic acids is 1. The molecule has 5 nitrogen and oxygen atoms in total. The van der Waals surface area contributed by atoms with Crippen LogP contribution in [0.1, 0.15) is 19.4 Å². The van der Waals surface area contributed by atoms with E-state index in [1.165, 1.54) is 4.31 Å². The summed E-state index contributed by atoms with van der Waals surface area (Å²) in [4.78, 5) is 14.0. The van der Waals surface area contributed by atoms with Crippen molar-refractivity contribution in [1.82, 2.24) is 9.21 Å². The Morgan fingerprint density at radius 3 is 2.27 bits per heavy atom. The van der Waals surface area contributed by atoms with Gasteiger partial charge in [-0.2, -0.15) is 4.31 Å². The third-order valence-corrected chi connectivity index (χ3v) is 6.60. The van der Waals surface area contributed by atoms with E-state index in [-0.39, 0.29) is 11.8 Å². The number of piperazine rings is 1. The summed E-state index contributed by atoms with van der Waals surface area (Å²) in [7, 11) is -3.50. The monoisotopic (exact) mass is 388 g/mol. The van der Waals surface area contributed by atoms with E-state index in [1.807, 2.05) is 20.8 Å². The molecular formula is C15H21BrN2O3S. The minimum Gasteiger partial charge on any atom is -0.340 e. The fourth-order valence-corrected chi connectivity index (χ4v) is 4.20. The zero-order valence-electron chi connectivity index (χ0n) is 13.0. The van der Waals surface area contributed by atoms with Crippen molar-refractivity contribution in [2.45, 2.75) is 25.7 Å². The van der Waals surface area contributed by atoms with Crippen molar-refractivity contribution in [3.63, 3.8) is 0 Å². The molecule has 1 aliphatic rings. The van der Waals surface area contributed by atoms with Gasteiger partial charge in [0.25, 0.3) is 0 Å². The van der Waals surface area contributed by atoms with Crippen molar-refractivity contribution in [3.05, 3.63) is 28.2 Å². The Kier molecular flexibility index (Phi) is 5.29. The Morgan fingerprint density at radius 1 is 1.18 bits per heavy atom. The van der Waals surface area contributed by atoms with Gasteiger partial charge < -0.3 is 4.90 Å². The van der Waals surface area contributed by atoms with Gasteiger partial charge in [0.15, 0.2) is 0 Å². The second-order valence-corrected chi connectivity index (χ2v) is 8.59. The smallest absolute Gasteiger partial charge is 0.243 e. The Bertz CT molecular complexity index is 665. The van der Waals surface area contributed by atoms with Gasteiger partial charge in [0.2, 0.25) is 15.9 Å². The number of benzene rings is 1. The van der Waals surface area contributed by atoms with Crippen LogP contribution in [-0.4, -0.2) is 49.7 Å². The molecule has 1 aliphatic heterocycles. The highest BCUT2D eigenvalue weighted by Gasteiger charge is 2.30. The van der Waals surface area contributed by atoms with Crippen LogP contribution in [-0.2, 0) is 14.8 Å². The first-order valence-corrected chi connectivity index (χ1v) is 9.52. The van der Waals surface area contributed by atoms with E-state index < -0.39 is 10.0 Å². The second-order valence-electron chi connectivity index (χ2n) is 5.80. The quantitative estimate of drug-likeness (QED) is 0.797. The lowest BCUT2D eigenvalue weighted by atomic mass is 10.2. The summed E-state index contributed by atoms with van der Waals surface area (Å²) in [5.74, 6) is 0.0221. The fourth-order valence-electron chi connectivity index (χ4n) is 2.44. The molecule has 122 valence electrons. The molecule has 1 aromatic carbocycles. The van der Waals surface area contributed by atoms with Crippen LogP contribution in [0, 0.1) is 12.8 Å². The number of halogens is 1. The molecule has 1 fully saturated rings. The van der Waals surface area contributed by atoms with Gasteiger partial charge in [-0.05, 0) is 30.7 Å². The van der Waals surface area contributed by atoms with Crippen LogP contribution in [0.3, 0.4) is 0 Å². The molecular weight excluding hydrogens is 368 g/mol. The average molecular weight is 389 g/mol. The van der Waals surface area contributed by atoms with E-state index in [1.54, 1.807) is 23.1 Å². The molecule has 1 aromatic rings. The predicted molar refractivity (Wildman–Crippen MR) is 89.1 cm³/mol. The molecule has 1 amide bonds. The van der Waals surface area contributed by atoms with Gasteiger partial charge in [0, 0.05) is 36.6 Å². The number of sulfonamides is 1. The molecule has 0 saturated carbocycles. The van der Waals surface area contributed by atoms with Crippen LogP contribution < -0.4 is 0 Å². The molecule has 0 aliphatic carbocycles. The Balaban J connectivity index is 2.12. The molecule has 2 rings (SSSR count). The first-order valence-electron chi connectivity index (χ1n) is 7.28. The van der Waals surface area contributed by atoms with Crippen molar-refractivity contribution < 1.29 is 13.2 Å². The lowest BCUT2D eigenvalue weighted by Gasteiger charge is -2.34. The molecule has 0 bridgehead atoms.